The third-order valence-corrected chi connectivity index (χ3v) is 5.76. The molecule has 1 saturated heterocycles. The Morgan fingerprint density at radius 3 is 2.63 bits per heavy atom. The molecule has 1 aromatic carbocycles. The monoisotopic (exact) mass is 394 g/mol. The van der Waals surface area contributed by atoms with Crippen LogP contribution in [0.3, 0.4) is 0 Å². The molecule has 0 aliphatic carbocycles. The molecule has 0 unspecified atom stereocenters. The van der Waals surface area contributed by atoms with Gasteiger partial charge in [-0.1, -0.05) is 24.3 Å². The van der Waals surface area contributed by atoms with Crippen molar-refractivity contribution in [2.24, 2.45) is 0 Å². The van der Waals surface area contributed by atoms with Crippen molar-refractivity contribution in [3.05, 3.63) is 90.5 Å². The van der Waals surface area contributed by atoms with E-state index in [1.807, 2.05) is 59.6 Å². The molecule has 0 bridgehead atoms. The van der Waals surface area contributed by atoms with Gasteiger partial charge >= 0.3 is 0 Å². The number of para-hydroxylation sites is 1. The molecule has 0 saturated carbocycles. The minimum absolute atomic E-state index is 0.0521. The van der Waals surface area contributed by atoms with E-state index in [-0.39, 0.29) is 11.9 Å². The van der Waals surface area contributed by atoms with E-state index in [1.165, 1.54) is 0 Å². The Balaban J connectivity index is 1.61. The number of rotatable bonds is 3. The van der Waals surface area contributed by atoms with Gasteiger partial charge in [0.15, 0.2) is 0 Å². The second-order valence-electron chi connectivity index (χ2n) is 7.60. The van der Waals surface area contributed by atoms with Crippen LogP contribution in [0.2, 0.25) is 0 Å². The maximum Gasteiger partial charge on any atom is 0.255 e. The summed E-state index contributed by atoms with van der Waals surface area (Å²) in [4.78, 5) is 29.0. The normalized spacial score (nSPS) is 16.5. The molecule has 5 nitrogen and oxygen atoms in total. The number of carbonyl (C=O) groups excluding carboxylic acids is 1. The Bertz CT molecular complexity index is 1180. The summed E-state index contributed by atoms with van der Waals surface area (Å²) in [6, 6.07) is 17.7. The van der Waals surface area contributed by atoms with Crippen molar-refractivity contribution in [3.63, 3.8) is 0 Å². The Hall–Kier alpha value is -3.60. The van der Waals surface area contributed by atoms with E-state index in [1.54, 1.807) is 18.6 Å². The van der Waals surface area contributed by atoms with Gasteiger partial charge in [-0.05, 0) is 55.2 Å². The second-order valence-corrected chi connectivity index (χ2v) is 7.60. The second kappa shape index (κ2) is 8.03. The molecule has 1 aliphatic heterocycles. The van der Waals surface area contributed by atoms with Crippen LogP contribution >= 0.6 is 0 Å². The standard InChI is InChI=1S/C25H22N4O/c30-25(29-15-4-3-9-24(29)19-6-5-12-27-17-19)21-16-23(18-10-13-26-14-11-18)28-22-8-2-1-7-20(21)22/h1-2,5-8,10-14,16-17,24H,3-4,9,15H2/t24-/m1/s1. The minimum atomic E-state index is 0.0521. The van der Waals surface area contributed by atoms with Gasteiger partial charge < -0.3 is 4.90 Å². The molecule has 0 radical (unpaired) electrons. The summed E-state index contributed by atoms with van der Waals surface area (Å²) >= 11 is 0. The van der Waals surface area contributed by atoms with Crippen molar-refractivity contribution in [1.29, 1.82) is 0 Å². The number of fused-ring (bicyclic) bond motifs is 1. The zero-order valence-electron chi connectivity index (χ0n) is 16.6. The number of piperidine rings is 1. The predicted octanol–water partition coefficient (Wildman–Crippen LogP) is 5.06. The molecule has 4 heterocycles. The molecule has 3 aromatic heterocycles. The highest BCUT2D eigenvalue weighted by Gasteiger charge is 2.30. The lowest BCUT2D eigenvalue weighted by Gasteiger charge is -2.36. The van der Waals surface area contributed by atoms with Crippen LogP contribution in [0, 0.1) is 0 Å². The highest BCUT2D eigenvalue weighted by atomic mass is 16.2. The van der Waals surface area contributed by atoms with E-state index in [4.69, 9.17) is 4.98 Å². The lowest BCUT2D eigenvalue weighted by molar-refractivity contribution is 0.0613. The van der Waals surface area contributed by atoms with E-state index in [0.29, 0.717) is 5.56 Å². The number of hydrogen-bond donors (Lipinski definition) is 0. The largest absolute Gasteiger partial charge is 0.332 e. The minimum Gasteiger partial charge on any atom is -0.332 e. The highest BCUT2D eigenvalue weighted by Crippen LogP contribution is 2.33. The molecular formula is C25H22N4O. The van der Waals surface area contributed by atoms with Gasteiger partial charge in [0.1, 0.15) is 0 Å². The van der Waals surface area contributed by atoms with Crippen molar-refractivity contribution in [3.8, 4) is 11.3 Å². The number of pyridine rings is 3. The number of carbonyl (C=O) groups is 1. The molecule has 5 heteroatoms. The smallest absolute Gasteiger partial charge is 0.255 e. The van der Waals surface area contributed by atoms with Gasteiger partial charge in [0.05, 0.1) is 22.8 Å². The quantitative estimate of drug-likeness (QED) is 0.487. The fraction of sp³-hybridized carbons (Fsp3) is 0.200. The van der Waals surface area contributed by atoms with Crippen LogP contribution in [-0.2, 0) is 0 Å². The molecule has 4 aromatic rings. The molecule has 1 amide bonds. The lowest BCUT2D eigenvalue weighted by Crippen LogP contribution is -2.38. The molecule has 5 rings (SSSR count). The van der Waals surface area contributed by atoms with Gasteiger partial charge in [-0.2, -0.15) is 0 Å². The van der Waals surface area contributed by atoms with Crippen molar-refractivity contribution < 1.29 is 4.79 Å². The van der Waals surface area contributed by atoms with E-state index >= 15 is 0 Å². The Labute approximate surface area is 175 Å². The van der Waals surface area contributed by atoms with Crippen LogP contribution in [0.1, 0.15) is 41.2 Å². The first-order chi connectivity index (χ1) is 14.8. The number of benzene rings is 1. The number of aromatic nitrogens is 3. The lowest BCUT2D eigenvalue weighted by atomic mass is 9.94. The van der Waals surface area contributed by atoms with Crippen LogP contribution in [0.5, 0.6) is 0 Å². The summed E-state index contributed by atoms with van der Waals surface area (Å²) in [6.07, 6.45) is 10.2. The summed E-state index contributed by atoms with van der Waals surface area (Å²) in [5, 5.41) is 0.885. The van der Waals surface area contributed by atoms with E-state index < -0.39 is 0 Å². The molecule has 30 heavy (non-hydrogen) atoms. The number of nitrogens with zero attached hydrogens (tertiary/aromatic N) is 4. The molecule has 148 valence electrons. The van der Waals surface area contributed by atoms with E-state index in [2.05, 4.69) is 16.0 Å². The molecule has 1 fully saturated rings. The summed E-state index contributed by atoms with van der Waals surface area (Å²) in [5.74, 6) is 0.0532. The van der Waals surface area contributed by atoms with Crippen molar-refractivity contribution in [2.45, 2.75) is 25.3 Å². The zero-order chi connectivity index (χ0) is 20.3. The molecular weight excluding hydrogens is 372 g/mol. The Morgan fingerprint density at radius 1 is 0.933 bits per heavy atom. The van der Waals surface area contributed by atoms with Crippen molar-refractivity contribution >= 4 is 16.8 Å². The van der Waals surface area contributed by atoms with Crippen molar-refractivity contribution in [1.82, 2.24) is 19.9 Å². The Kier molecular flexibility index (Phi) is 4.93. The average molecular weight is 394 g/mol. The molecule has 0 spiro atoms. The Morgan fingerprint density at radius 2 is 1.80 bits per heavy atom. The third kappa shape index (κ3) is 3.43. The fourth-order valence-electron chi connectivity index (χ4n) is 4.27. The first-order valence-corrected chi connectivity index (χ1v) is 10.3. The van der Waals surface area contributed by atoms with E-state index in [0.717, 1.165) is 53.5 Å². The fourth-order valence-corrected chi connectivity index (χ4v) is 4.27. The highest BCUT2D eigenvalue weighted by molar-refractivity contribution is 6.07. The first-order valence-electron chi connectivity index (χ1n) is 10.3. The predicted molar refractivity (Wildman–Crippen MR) is 117 cm³/mol. The first kappa shape index (κ1) is 18.4. The molecule has 0 N–H and O–H groups in total. The summed E-state index contributed by atoms with van der Waals surface area (Å²) < 4.78 is 0. The van der Waals surface area contributed by atoms with Crippen LogP contribution in [0.25, 0.3) is 22.2 Å². The molecule has 1 aliphatic rings. The summed E-state index contributed by atoms with van der Waals surface area (Å²) in [5.41, 5.74) is 4.35. The third-order valence-electron chi connectivity index (χ3n) is 5.76. The number of likely N-dealkylation sites (tertiary alicyclic amines) is 1. The summed E-state index contributed by atoms with van der Waals surface area (Å²) in [6.45, 7) is 0.750. The van der Waals surface area contributed by atoms with Gasteiger partial charge in [0, 0.05) is 42.3 Å². The summed E-state index contributed by atoms with van der Waals surface area (Å²) in [7, 11) is 0. The van der Waals surface area contributed by atoms with Gasteiger partial charge in [-0.3, -0.25) is 14.8 Å². The van der Waals surface area contributed by atoms with Crippen LogP contribution in [0.4, 0.5) is 0 Å². The van der Waals surface area contributed by atoms with Gasteiger partial charge in [-0.15, -0.1) is 0 Å². The maximum atomic E-state index is 13.8. The maximum absolute atomic E-state index is 13.8. The van der Waals surface area contributed by atoms with Crippen LogP contribution < -0.4 is 0 Å². The van der Waals surface area contributed by atoms with Gasteiger partial charge in [-0.25, -0.2) is 4.98 Å². The van der Waals surface area contributed by atoms with Gasteiger partial charge in [0.2, 0.25) is 0 Å². The molecule has 1 atom stereocenters. The van der Waals surface area contributed by atoms with E-state index in [9.17, 15) is 4.79 Å². The van der Waals surface area contributed by atoms with Crippen LogP contribution in [-0.4, -0.2) is 32.3 Å². The topological polar surface area (TPSA) is 59.0 Å². The zero-order valence-corrected chi connectivity index (χ0v) is 16.6. The van der Waals surface area contributed by atoms with Gasteiger partial charge in [0.25, 0.3) is 5.91 Å². The average Bonchev–Trinajstić information content (AvgIpc) is 2.84. The number of hydrogen-bond acceptors (Lipinski definition) is 4. The van der Waals surface area contributed by atoms with Crippen molar-refractivity contribution in [2.75, 3.05) is 6.54 Å². The SMILES string of the molecule is O=C(c1cc(-c2ccncc2)nc2ccccc12)N1CCCC[C@@H]1c1cccnc1. The number of amides is 1. The van der Waals surface area contributed by atoms with Crippen LogP contribution in [0.15, 0.2) is 79.4 Å².